The Hall–Kier alpha value is -2.09. The van der Waals surface area contributed by atoms with Crippen LogP contribution in [0.5, 0.6) is 0 Å². The predicted molar refractivity (Wildman–Crippen MR) is 63.1 cm³/mol. The average Bonchev–Trinajstić information content (AvgIpc) is 2.76. The molecule has 0 unspecified atom stereocenters. The van der Waals surface area contributed by atoms with Crippen molar-refractivity contribution in [3.8, 4) is 0 Å². The molecule has 0 saturated heterocycles. The Kier molecular flexibility index (Phi) is 3.70. The third-order valence-electron chi connectivity index (χ3n) is 2.16. The molecule has 19 heavy (non-hydrogen) atoms. The van der Waals surface area contributed by atoms with Gasteiger partial charge in [0.1, 0.15) is 0 Å². The van der Waals surface area contributed by atoms with Crippen LogP contribution in [0.1, 0.15) is 5.69 Å². The van der Waals surface area contributed by atoms with E-state index in [-0.39, 0.29) is 17.2 Å². The Morgan fingerprint density at radius 2 is 2.05 bits per heavy atom. The monoisotopic (exact) mass is 288 g/mol. The number of halogens is 3. The second-order valence-electron chi connectivity index (χ2n) is 3.56. The molecule has 0 aliphatic carbocycles. The lowest BCUT2D eigenvalue weighted by Gasteiger charge is -2.05. The number of aromatic nitrogens is 1. The average molecular weight is 288 g/mol. The lowest BCUT2D eigenvalue weighted by Crippen LogP contribution is -2.01. The van der Waals surface area contributed by atoms with Crippen molar-refractivity contribution in [2.45, 2.75) is 6.42 Å². The number of nitrogens with one attached hydrogen (secondary N) is 1. The summed E-state index contributed by atoms with van der Waals surface area (Å²) >= 11 is 1.04. The Morgan fingerprint density at radius 1 is 1.32 bits per heavy atom. The van der Waals surface area contributed by atoms with Gasteiger partial charge in [0.15, 0.2) is 22.6 Å². The molecule has 1 heterocycles. The summed E-state index contributed by atoms with van der Waals surface area (Å²) in [4.78, 5) is 14.3. The molecule has 0 saturated carbocycles. The Balaban J connectivity index is 2.19. The highest BCUT2D eigenvalue weighted by molar-refractivity contribution is 7.13. The van der Waals surface area contributed by atoms with Gasteiger partial charge in [0, 0.05) is 5.38 Å². The van der Waals surface area contributed by atoms with Crippen LogP contribution in [-0.2, 0) is 11.2 Å². The minimum Gasteiger partial charge on any atom is -0.481 e. The van der Waals surface area contributed by atoms with Crippen molar-refractivity contribution in [2.24, 2.45) is 0 Å². The van der Waals surface area contributed by atoms with Crippen LogP contribution in [0.2, 0.25) is 0 Å². The van der Waals surface area contributed by atoms with Crippen molar-refractivity contribution in [1.29, 1.82) is 0 Å². The second-order valence-corrected chi connectivity index (χ2v) is 4.42. The van der Waals surface area contributed by atoms with E-state index in [4.69, 9.17) is 5.11 Å². The van der Waals surface area contributed by atoms with Crippen molar-refractivity contribution in [1.82, 2.24) is 4.98 Å². The number of aliphatic carboxylic acids is 1. The molecule has 0 amide bonds. The lowest BCUT2D eigenvalue weighted by molar-refractivity contribution is -0.136. The molecule has 0 radical (unpaired) electrons. The van der Waals surface area contributed by atoms with Crippen LogP contribution in [0.3, 0.4) is 0 Å². The molecule has 0 aliphatic heterocycles. The SMILES string of the molecule is O=C(O)Cc1csc(Nc2ccc(F)c(F)c2F)n1. The first-order chi connectivity index (χ1) is 8.97. The molecule has 0 atom stereocenters. The highest BCUT2D eigenvalue weighted by atomic mass is 32.1. The molecule has 2 N–H and O–H groups in total. The summed E-state index contributed by atoms with van der Waals surface area (Å²) in [5.41, 5.74) is 0.0260. The molecular weight excluding hydrogens is 281 g/mol. The zero-order chi connectivity index (χ0) is 14.0. The van der Waals surface area contributed by atoms with E-state index in [9.17, 15) is 18.0 Å². The van der Waals surface area contributed by atoms with Crippen LogP contribution in [0.25, 0.3) is 0 Å². The maximum atomic E-state index is 13.4. The summed E-state index contributed by atoms with van der Waals surface area (Å²) in [5, 5.41) is 12.7. The standard InChI is InChI=1S/C11H7F3N2O2S/c12-6-1-2-7(10(14)9(6)13)16-11-15-5(4-19-11)3-8(17)18/h1-2,4H,3H2,(H,15,16)(H,17,18). The summed E-state index contributed by atoms with van der Waals surface area (Å²) in [6.45, 7) is 0. The summed E-state index contributed by atoms with van der Waals surface area (Å²) in [5.74, 6) is -5.26. The Morgan fingerprint density at radius 3 is 2.74 bits per heavy atom. The summed E-state index contributed by atoms with van der Waals surface area (Å²) in [6.07, 6.45) is -0.265. The summed E-state index contributed by atoms with van der Waals surface area (Å²) < 4.78 is 39.1. The minimum absolute atomic E-state index is 0.196. The van der Waals surface area contributed by atoms with Gasteiger partial charge in [-0.1, -0.05) is 0 Å². The van der Waals surface area contributed by atoms with E-state index >= 15 is 0 Å². The number of carboxylic acid groups (broad SMARTS) is 1. The van der Waals surface area contributed by atoms with Crippen molar-refractivity contribution in [3.63, 3.8) is 0 Å². The molecule has 100 valence electrons. The predicted octanol–water partition coefficient (Wildman–Crippen LogP) is 2.93. The minimum atomic E-state index is -1.58. The van der Waals surface area contributed by atoms with Gasteiger partial charge in [0.2, 0.25) is 0 Å². The molecule has 1 aromatic carbocycles. The van der Waals surface area contributed by atoms with Crippen molar-refractivity contribution in [3.05, 3.63) is 40.7 Å². The number of anilines is 2. The molecule has 0 aliphatic rings. The zero-order valence-corrected chi connectivity index (χ0v) is 10.1. The van der Waals surface area contributed by atoms with Gasteiger partial charge in [-0.3, -0.25) is 4.79 Å². The van der Waals surface area contributed by atoms with Gasteiger partial charge in [-0.15, -0.1) is 11.3 Å². The molecule has 1 aromatic heterocycles. The third-order valence-corrected chi connectivity index (χ3v) is 2.97. The van der Waals surface area contributed by atoms with Crippen LogP contribution in [0.15, 0.2) is 17.5 Å². The van der Waals surface area contributed by atoms with Gasteiger partial charge < -0.3 is 10.4 Å². The number of thiazole rings is 1. The summed E-state index contributed by atoms with van der Waals surface area (Å²) in [7, 11) is 0. The van der Waals surface area contributed by atoms with Gasteiger partial charge in [0.25, 0.3) is 0 Å². The van der Waals surface area contributed by atoms with Gasteiger partial charge >= 0.3 is 5.97 Å². The first-order valence-electron chi connectivity index (χ1n) is 5.04. The molecule has 0 fully saturated rings. The molecule has 8 heteroatoms. The van der Waals surface area contributed by atoms with E-state index < -0.39 is 23.4 Å². The Labute approximate surface area is 109 Å². The van der Waals surface area contributed by atoms with E-state index in [1.807, 2.05) is 0 Å². The highest BCUT2D eigenvalue weighted by Gasteiger charge is 2.14. The molecule has 2 aromatic rings. The van der Waals surface area contributed by atoms with Crippen LogP contribution < -0.4 is 5.32 Å². The van der Waals surface area contributed by atoms with Crippen LogP contribution in [0.4, 0.5) is 24.0 Å². The van der Waals surface area contributed by atoms with Crippen LogP contribution in [0, 0.1) is 17.5 Å². The van der Waals surface area contributed by atoms with E-state index in [0.717, 1.165) is 23.5 Å². The number of carboxylic acids is 1. The fourth-order valence-electron chi connectivity index (χ4n) is 1.34. The molecule has 4 nitrogen and oxygen atoms in total. The Bertz CT molecular complexity index is 630. The van der Waals surface area contributed by atoms with E-state index in [1.54, 1.807) is 0 Å². The number of hydrogen-bond acceptors (Lipinski definition) is 4. The first-order valence-corrected chi connectivity index (χ1v) is 5.92. The number of hydrogen-bond donors (Lipinski definition) is 2. The fraction of sp³-hybridized carbons (Fsp3) is 0.0909. The summed E-state index contributed by atoms with van der Waals surface area (Å²) in [6, 6.07) is 1.82. The van der Waals surface area contributed by atoms with Crippen molar-refractivity contribution >= 4 is 28.1 Å². The number of benzene rings is 1. The van der Waals surface area contributed by atoms with Crippen LogP contribution >= 0.6 is 11.3 Å². The number of carbonyl (C=O) groups is 1. The number of nitrogens with zero attached hydrogens (tertiary/aromatic N) is 1. The zero-order valence-electron chi connectivity index (χ0n) is 9.28. The second kappa shape index (κ2) is 5.27. The molecule has 0 bridgehead atoms. The quantitative estimate of drug-likeness (QED) is 0.849. The van der Waals surface area contributed by atoms with E-state index in [0.29, 0.717) is 5.69 Å². The smallest absolute Gasteiger partial charge is 0.309 e. The topological polar surface area (TPSA) is 62.2 Å². The lowest BCUT2D eigenvalue weighted by atomic mass is 10.3. The molecule has 0 spiro atoms. The van der Waals surface area contributed by atoms with E-state index in [2.05, 4.69) is 10.3 Å². The van der Waals surface area contributed by atoms with Gasteiger partial charge in [0.05, 0.1) is 17.8 Å². The van der Waals surface area contributed by atoms with Gasteiger partial charge in [-0.2, -0.15) is 0 Å². The normalized spacial score (nSPS) is 10.5. The maximum Gasteiger partial charge on any atom is 0.309 e. The fourth-order valence-corrected chi connectivity index (χ4v) is 2.06. The first kappa shape index (κ1) is 13.3. The molecular formula is C11H7F3N2O2S. The van der Waals surface area contributed by atoms with E-state index in [1.165, 1.54) is 5.38 Å². The van der Waals surface area contributed by atoms with Gasteiger partial charge in [-0.05, 0) is 12.1 Å². The maximum absolute atomic E-state index is 13.4. The van der Waals surface area contributed by atoms with Crippen molar-refractivity contribution < 1.29 is 23.1 Å². The number of rotatable bonds is 4. The molecule has 2 rings (SSSR count). The van der Waals surface area contributed by atoms with Crippen molar-refractivity contribution in [2.75, 3.05) is 5.32 Å². The largest absolute Gasteiger partial charge is 0.481 e. The van der Waals surface area contributed by atoms with Crippen LogP contribution in [-0.4, -0.2) is 16.1 Å². The van der Waals surface area contributed by atoms with Gasteiger partial charge in [-0.25, -0.2) is 18.2 Å². The highest BCUT2D eigenvalue weighted by Crippen LogP contribution is 2.25. The third kappa shape index (κ3) is 3.02.